The Balaban J connectivity index is 1.53. The molecule has 0 saturated carbocycles. The van der Waals surface area contributed by atoms with Crippen LogP contribution >= 0.6 is 11.6 Å². The molecule has 0 saturated heterocycles. The van der Waals surface area contributed by atoms with Crippen LogP contribution in [0.2, 0.25) is 5.02 Å². The largest absolute Gasteiger partial charge is 0.453 e. The van der Waals surface area contributed by atoms with Crippen LogP contribution < -0.4 is 4.74 Å². The highest BCUT2D eigenvalue weighted by Crippen LogP contribution is 2.37. The molecule has 0 radical (unpaired) electrons. The molecule has 8 nitrogen and oxygen atoms in total. The molecular formula is C22H18ClFN6O2. The van der Waals surface area contributed by atoms with E-state index >= 15 is 0 Å². The lowest BCUT2D eigenvalue weighted by Gasteiger charge is -2.10. The molecule has 10 heteroatoms. The number of H-pyrrole nitrogens is 1. The van der Waals surface area contributed by atoms with Gasteiger partial charge in [-0.15, -0.1) is 0 Å². The smallest absolute Gasteiger partial charge is 0.193 e. The van der Waals surface area contributed by atoms with Crippen LogP contribution in [-0.4, -0.2) is 41.4 Å². The van der Waals surface area contributed by atoms with Gasteiger partial charge in [-0.25, -0.2) is 14.4 Å². The van der Waals surface area contributed by atoms with E-state index in [1.54, 1.807) is 48.4 Å². The van der Waals surface area contributed by atoms with Crippen LogP contribution in [0.3, 0.4) is 0 Å². The van der Waals surface area contributed by atoms with E-state index in [-0.39, 0.29) is 34.7 Å². The van der Waals surface area contributed by atoms with Crippen molar-refractivity contribution in [2.24, 2.45) is 0 Å². The molecule has 0 spiro atoms. The number of ether oxygens (including phenoxy) is 1. The second-order valence-electron chi connectivity index (χ2n) is 7.44. The second kappa shape index (κ2) is 7.85. The van der Waals surface area contributed by atoms with Gasteiger partial charge in [-0.2, -0.15) is 5.10 Å². The van der Waals surface area contributed by atoms with Crippen LogP contribution in [0.4, 0.5) is 4.39 Å². The van der Waals surface area contributed by atoms with Crippen molar-refractivity contribution in [3.63, 3.8) is 0 Å². The van der Waals surface area contributed by atoms with Crippen LogP contribution in [0.25, 0.3) is 33.3 Å². The van der Waals surface area contributed by atoms with E-state index in [4.69, 9.17) is 16.3 Å². The average Bonchev–Trinajstić information content (AvgIpc) is 3.44. The van der Waals surface area contributed by atoms with Crippen LogP contribution in [0.1, 0.15) is 18.8 Å². The van der Waals surface area contributed by atoms with Crippen molar-refractivity contribution in [3.05, 3.63) is 59.5 Å². The number of aryl methyl sites for hydroxylation is 1. The zero-order valence-electron chi connectivity index (χ0n) is 17.2. The third-order valence-electron chi connectivity index (χ3n) is 5.13. The first-order chi connectivity index (χ1) is 15.4. The lowest BCUT2D eigenvalue weighted by Crippen LogP contribution is -2.09. The molecule has 0 aliphatic carbocycles. The van der Waals surface area contributed by atoms with Crippen molar-refractivity contribution >= 4 is 33.7 Å². The van der Waals surface area contributed by atoms with Crippen molar-refractivity contribution in [2.45, 2.75) is 19.9 Å². The van der Waals surface area contributed by atoms with Crippen LogP contribution in [0.15, 0.2) is 42.9 Å². The van der Waals surface area contributed by atoms with E-state index in [0.29, 0.717) is 28.1 Å². The van der Waals surface area contributed by atoms with Crippen LogP contribution in [0, 0.1) is 12.7 Å². The number of aliphatic hydroxyl groups excluding tert-OH is 1. The Morgan fingerprint density at radius 1 is 1.16 bits per heavy atom. The molecule has 3 aromatic heterocycles. The van der Waals surface area contributed by atoms with E-state index in [2.05, 4.69) is 25.0 Å². The topological polar surface area (TPSA) is 102 Å². The molecule has 5 aromatic rings. The quantitative estimate of drug-likeness (QED) is 0.396. The third-order valence-corrected chi connectivity index (χ3v) is 5.49. The van der Waals surface area contributed by atoms with Gasteiger partial charge in [-0.3, -0.25) is 9.67 Å². The van der Waals surface area contributed by atoms with Gasteiger partial charge < -0.3 is 14.8 Å². The molecule has 162 valence electrons. The van der Waals surface area contributed by atoms with Gasteiger partial charge in [0.2, 0.25) is 0 Å². The SMILES string of the molecule is Cc1nc2c(F)c(Oc3ccc4ncc(-c5cnn(C(C)CO)c5)nc4c3Cl)ccc2[nH]1. The predicted molar refractivity (Wildman–Crippen MR) is 118 cm³/mol. The lowest BCUT2D eigenvalue weighted by molar-refractivity contribution is 0.230. The molecule has 5 rings (SSSR count). The Bertz CT molecular complexity index is 1460. The number of imidazole rings is 1. The maximum Gasteiger partial charge on any atom is 0.193 e. The van der Waals surface area contributed by atoms with Crippen LogP contribution in [-0.2, 0) is 0 Å². The molecule has 0 bridgehead atoms. The number of nitrogens with one attached hydrogen (secondary N) is 1. The molecule has 1 atom stereocenters. The molecular weight excluding hydrogens is 435 g/mol. The molecule has 3 heterocycles. The van der Waals surface area contributed by atoms with Gasteiger partial charge in [-0.05, 0) is 38.1 Å². The zero-order valence-corrected chi connectivity index (χ0v) is 17.9. The number of halogens is 2. The summed E-state index contributed by atoms with van der Waals surface area (Å²) in [6, 6.07) is 6.39. The number of aromatic amines is 1. The molecule has 32 heavy (non-hydrogen) atoms. The number of benzene rings is 2. The number of aliphatic hydroxyl groups is 1. The molecule has 0 fully saturated rings. The Labute approximate surface area is 186 Å². The molecule has 0 aliphatic rings. The van der Waals surface area contributed by atoms with Crippen molar-refractivity contribution in [1.29, 1.82) is 0 Å². The average molecular weight is 453 g/mol. The number of nitrogens with zero attached hydrogens (tertiary/aromatic N) is 5. The highest BCUT2D eigenvalue weighted by atomic mass is 35.5. The molecule has 2 aromatic carbocycles. The minimum Gasteiger partial charge on any atom is -0.453 e. The predicted octanol–water partition coefficient (Wildman–Crippen LogP) is 4.82. The van der Waals surface area contributed by atoms with Gasteiger partial charge in [-0.1, -0.05) is 11.6 Å². The van der Waals surface area contributed by atoms with Crippen LogP contribution in [0.5, 0.6) is 11.5 Å². The van der Waals surface area contributed by atoms with Crippen molar-refractivity contribution < 1.29 is 14.2 Å². The number of aromatic nitrogens is 6. The summed E-state index contributed by atoms with van der Waals surface area (Å²) in [5.74, 6) is 0.293. The first-order valence-corrected chi connectivity index (χ1v) is 10.3. The van der Waals surface area contributed by atoms with Gasteiger partial charge in [0.15, 0.2) is 11.6 Å². The maximum absolute atomic E-state index is 14.9. The Morgan fingerprint density at radius 3 is 2.78 bits per heavy atom. The highest BCUT2D eigenvalue weighted by molar-refractivity contribution is 6.36. The summed E-state index contributed by atoms with van der Waals surface area (Å²) >= 11 is 6.58. The normalized spacial score (nSPS) is 12.5. The van der Waals surface area contributed by atoms with Gasteiger partial charge in [0.05, 0.1) is 41.8 Å². The summed E-state index contributed by atoms with van der Waals surface area (Å²) in [6.07, 6.45) is 5.05. The minimum atomic E-state index is -0.576. The van der Waals surface area contributed by atoms with Crippen molar-refractivity contribution in [1.82, 2.24) is 29.7 Å². The highest BCUT2D eigenvalue weighted by Gasteiger charge is 2.17. The van der Waals surface area contributed by atoms with E-state index in [1.807, 2.05) is 6.92 Å². The molecule has 0 amide bonds. The van der Waals surface area contributed by atoms with Gasteiger partial charge >= 0.3 is 0 Å². The van der Waals surface area contributed by atoms with E-state index < -0.39 is 5.82 Å². The monoisotopic (exact) mass is 452 g/mol. The first-order valence-electron chi connectivity index (χ1n) is 9.88. The summed E-state index contributed by atoms with van der Waals surface area (Å²) in [6.45, 7) is 3.58. The number of hydrogen-bond acceptors (Lipinski definition) is 6. The number of hydrogen-bond donors (Lipinski definition) is 2. The van der Waals surface area contributed by atoms with E-state index in [9.17, 15) is 9.50 Å². The first kappa shape index (κ1) is 20.3. The van der Waals surface area contributed by atoms with Crippen molar-refractivity contribution in [2.75, 3.05) is 6.61 Å². The number of rotatable bonds is 5. The summed E-state index contributed by atoms with van der Waals surface area (Å²) < 4.78 is 22.3. The maximum atomic E-state index is 14.9. The Hall–Kier alpha value is -3.56. The van der Waals surface area contributed by atoms with E-state index in [0.717, 1.165) is 5.56 Å². The third kappa shape index (κ3) is 3.45. The standard InChI is InChI=1S/C22H18ClFN6O2/c1-11(10-31)30-9-13(7-26-30)16-8-25-14-3-5-17(19(23)21(14)29-16)32-18-6-4-15-22(20(18)24)28-12(2)27-15/h3-9,11,31H,10H2,1-2H3,(H,27,28). The fourth-order valence-corrected chi connectivity index (χ4v) is 3.62. The zero-order chi connectivity index (χ0) is 22.4. The van der Waals surface area contributed by atoms with Crippen molar-refractivity contribution in [3.8, 4) is 22.8 Å². The van der Waals surface area contributed by atoms with Gasteiger partial charge in [0, 0.05) is 11.8 Å². The Morgan fingerprint density at radius 2 is 1.97 bits per heavy atom. The summed E-state index contributed by atoms with van der Waals surface area (Å²) in [5, 5.41) is 13.8. The fraction of sp³-hybridized carbons (Fsp3) is 0.182. The Kier molecular flexibility index (Phi) is 4.99. The summed E-state index contributed by atoms with van der Waals surface area (Å²) in [5.41, 5.74) is 3.07. The number of fused-ring (bicyclic) bond motifs is 2. The molecule has 1 unspecified atom stereocenters. The second-order valence-corrected chi connectivity index (χ2v) is 7.82. The summed E-state index contributed by atoms with van der Waals surface area (Å²) in [4.78, 5) is 16.2. The van der Waals surface area contributed by atoms with E-state index in [1.165, 1.54) is 6.07 Å². The fourth-order valence-electron chi connectivity index (χ4n) is 3.38. The van der Waals surface area contributed by atoms with Gasteiger partial charge in [0.25, 0.3) is 0 Å². The summed E-state index contributed by atoms with van der Waals surface area (Å²) in [7, 11) is 0. The lowest BCUT2D eigenvalue weighted by atomic mass is 10.2. The molecule has 0 aliphatic heterocycles. The molecule has 2 N–H and O–H groups in total. The minimum absolute atomic E-state index is 0.00799. The van der Waals surface area contributed by atoms with Gasteiger partial charge in [0.1, 0.15) is 27.6 Å².